The fraction of sp³-hybridized carbons (Fsp3) is 0.667. The van der Waals surface area contributed by atoms with Gasteiger partial charge in [0, 0.05) is 13.0 Å². The zero-order valence-electron chi connectivity index (χ0n) is 6.71. The zero-order chi connectivity index (χ0) is 7.84. The van der Waals surface area contributed by atoms with Crippen LogP contribution >= 0.6 is 0 Å². The average Bonchev–Trinajstić information content (AvgIpc) is 2.62. The molecule has 0 radical (unpaired) electrons. The van der Waals surface area contributed by atoms with Gasteiger partial charge in [-0.1, -0.05) is 12.2 Å². The van der Waals surface area contributed by atoms with Gasteiger partial charge < -0.3 is 5.32 Å². The maximum absolute atomic E-state index is 11.3. The number of nitrogens with one attached hydrogen (secondary N) is 1. The lowest BCUT2D eigenvalue weighted by Crippen LogP contribution is -2.29. The summed E-state index contributed by atoms with van der Waals surface area (Å²) in [5, 5.41) is 2.72. The molecule has 11 heavy (non-hydrogen) atoms. The van der Waals surface area contributed by atoms with E-state index in [2.05, 4.69) is 17.5 Å². The minimum atomic E-state index is 0.224. The van der Waals surface area contributed by atoms with E-state index in [1.54, 1.807) is 7.05 Å². The number of carbonyl (C=O) groups excluding carboxylic acids is 1. The number of amides is 1. The van der Waals surface area contributed by atoms with E-state index in [9.17, 15) is 4.79 Å². The molecule has 0 spiro atoms. The zero-order valence-corrected chi connectivity index (χ0v) is 6.71. The van der Waals surface area contributed by atoms with E-state index in [-0.39, 0.29) is 11.8 Å². The molecule has 1 amide bonds. The van der Waals surface area contributed by atoms with Gasteiger partial charge in [-0.3, -0.25) is 4.79 Å². The summed E-state index contributed by atoms with van der Waals surface area (Å²) in [6.45, 7) is 0. The Hall–Kier alpha value is -0.790. The van der Waals surface area contributed by atoms with Crippen molar-refractivity contribution in [2.24, 2.45) is 17.8 Å². The van der Waals surface area contributed by atoms with Crippen molar-refractivity contribution in [1.82, 2.24) is 5.32 Å². The smallest absolute Gasteiger partial charge is 0.223 e. The standard InChI is InChI=1S/C9H13NO/c1-10-9(11)8-5-6-2-3-7(8)4-6/h2-3,6-8H,4-5H2,1H3,(H,10,11). The first-order valence-corrected chi connectivity index (χ1v) is 4.21. The van der Waals surface area contributed by atoms with Crippen LogP contribution in [0.1, 0.15) is 12.8 Å². The molecule has 0 saturated heterocycles. The van der Waals surface area contributed by atoms with E-state index in [1.165, 1.54) is 6.42 Å². The summed E-state index contributed by atoms with van der Waals surface area (Å²) in [6.07, 6.45) is 6.73. The highest BCUT2D eigenvalue weighted by Crippen LogP contribution is 2.43. The molecule has 2 aliphatic carbocycles. The molecule has 0 aromatic heterocycles. The predicted molar refractivity (Wildman–Crippen MR) is 42.9 cm³/mol. The molecular weight excluding hydrogens is 138 g/mol. The number of hydrogen-bond donors (Lipinski definition) is 1. The number of rotatable bonds is 1. The maximum Gasteiger partial charge on any atom is 0.223 e. The monoisotopic (exact) mass is 151 g/mol. The van der Waals surface area contributed by atoms with Crippen molar-refractivity contribution < 1.29 is 4.79 Å². The molecule has 3 unspecified atom stereocenters. The molecule has 1 saturated carbocycles. The van der Waals surface area contributed by atoms with Crippen molar-refractivity contribution in [2.45, 2.75) is 12.8 Å². The van der Waals surface area contributed by atoms with Gasteiger partial charge in [0.1, 0.15) is 0 Å². The van der Waals surface area contributed by atoms with Crippen LogP contribution < -0.4 is 5.32 Å². The van der Waals surface area contributed by atoms with E-state index in [1.807, 2.05) is 0 Å². The van der Waals surface area contributed by atoms with Gasteiger partial charge in [-0.25, -0.2) is 0 Å². The van der Waals surface area contributed by atoms with E-state index in [0.717, 1.165) is 6.42 Å². The van der Waals surface area contributed by atoms with Crippen LogP contribution in [0.25, 0.3) is 0 Å². The van der Waals surface area contributed by atoms with Crippen molar-refractivity contribution >= 4 is 5.91 Å². The highest BCUT2D eigenvalue weighted by molar-refractivity contribution is 5.79. The summed E-state index contributed by atoms with van der Waals surface area (Å²) in [4.78, 5) is 11.3. The first-order chi connectivity index (χ1) is 5.31. The molecule has 2 rings (SSSR count). The Bertz CT molecular complexity index is 210. The van der Waals surface area contributed by atoms with Gasteiger partial charge in [0.15, 0.2) is 0 Å². The number of allylic oxidation sites excluding steroid dienone is 2. The SMILES string of the molecule is CNC(=O)C1CC2C=CC1C2. The summed E-state index contributed by atoms with van der Waals surface area (Å²) in [6, 6.07) is 0. The van der Waals surface area contributed by atoms with Crippen LogP contribution in [-0.4, -0.2) is 13.0 Å². The average molecular weight is 151 g/mol. The molecule has 0 aliphatic heterocycles. The lowest BCUT2D eigenvalue weighted by Gasteiger charge is -2.15. The lowest BCUT2D eigenvalue weighted by molar-refractivity contribution is -0.125. The van der Waals surface area contributed by atoms with Crippen LogP contribution in [0.2, 0.25) is 0 Å². The van der Waals surface area contributed by atoms with Gasteiger partial charge in [-0.05, 0) is 24.7 Å². The lowest BCUT2D eigenvalue weighted by atomic mass is 9.93. The van der Waals surface area contributed by atoms with Crippen molar-refractivity contribution in [3.63, 3.8) is 0 Å². The number of fused-ring (bicyclic) bond motifs is 2. The number of carbonyl (C=O) groups is 1. The minimum absolute atomic E-state index is 0.224. The second kappa shape index (κ2) is 2.36. The third-order valence-electron chi connectivity index (χ3n) is 2.86. The molecule has 3 atom stereocenters. The Balaban J connectivity index is 2.08. The number of hydrogen-bond acceptors (Lipinski definition) is 1. The highest BCUT2D eigenvalue weighted by atomic mass is 16.1. The molecule has 60 valence electrons. The summed E-state index contributed by atoms with van der Waals surface area (Å²) < 4.78 is 0. The Morgan fingerprint density at radius 1 is 1.45 bits per heavy atom. The van der Waals surface area contributed by atoms with E-state index in [0.29, 0.717) is 11.8 Å². The molecular formula is C9H13NO. The molecule has 2 aliphatic rings. The van der Waals surface area contributed by atoms with Crippen LogP contribution in [0.4, 0.5) is 0 Å². The predicted octanol–water partition coefficient (Wildman–Crippen LogP) is 0.945. The van der Waals surface area contributed by atoms with Crippen molar-refractivity contribution in [3.8, 4) is 0 Å². The minimum Gasteiger partial charge on any atom is -0.359 e. The van der Waals surface area contributed by atoms with Gasteiger partial charge in [0.05, 0.1) is 0 Å². The molecule has 2 nitrogen and oxygen atoms in total. The van der Waals surface area contributed by atoms with Crippen LogP contribution in [0.3, 0.4) is 0 Å². The van der Waals surface area contributed by atoms with E-state index in [4.69, 9.17) is 0 Å². The van der Waals surface area contributed by atoms with Crippen LogP contribution in [0.15, 0.2) is 12.2 Å². The summed E-state index contributed by atoms with van der Waals surface area (Å²) in [7, 11) is 1.72. The fourth-order valence-electron chi connectivity index (χ4n) is 2.27. The molecule has 0 heterocycles. The van der Waals surface area contributed by atoms with Crippen LogP contribution in [0.5, 0.6) is 0 Å². The highest BCUT2D eigenvalue weighted by Gasteiger charge is 2.39. The molecule has 2 heteroatoms. The normalized spacial score (nSPS) is 39.5. The molecule has 1 fully saturated rings. The molecule has 0 aromatic rings. The summed E-state index contributed by atoms with van der Waals surface area (Å²) in [5.41, 5.74) is 0. The maximum atomic E-state index is 11.3. The van der Waals surface area contributed by atoms with Gasteiger partial charge in [0.25, 0.3) is 0 Å². The fourth-order valence-corrected chi connectivity index (χ4v) is 2.27. The van der Waals surface area contributed by atoms with Crippen molar-refractivity contribution in [1.29, 1.82) is 0 Å². The largest absolute Gasteiger partial charge is 0.359 e. The molecule has 2 bridgehead atoms. The Morgan fingerprint density at radius 2 is 2.27 bits per heavy atom. The van der Waals surface area contributed by atoms with Crippen molar-refractivity contribution in [3.05, 3.63) is 12.2 Å². The topological polar surface area (TPSA) is 29.1 Å². The summed E-state index contributed by atoms with van der Waals surface area (Å²) in [5.74, 6) is 1.74. The van der Waals surface area contributed by atoms with Gasteiger partial charge >= 0.3 is 0 Å². The third-order valence-corrected chi connectivity index (χ3v) is 2.86. The first kappa shape index (κ1) is 6.89. The molecule has 0 aromatic carbocycles. The van der Waals surface area contributed by atoms with Crippen molar-refractivity contribution in [2.75, 3.05) is 7.05 Å². The third kappa shape index (κ3) is 0.971. The summed E-state index contributed by atoms with van der Waals surface area (Å²) >= 11 is 0. The Morgan fingerprint density at radius 3 is 2.73 bits per heavy atom. The second-order valence-electron chi connectivity index (χ2n) is 3.50. The first-order valence-electron chi connectivity index (χ1n) is 4.21. The van der Waals surface area contributed by atoms with E-state index < -0.39 is 0 Å². The molecule has 1 N–H and O–H groups in total. The van der Waals surface area contributed by atoms with Crippen LogP contribution in [0, 0.1) is 17.8 Å². The quantitative estimate of drug-likeness (QED) is 0.555. The van der Waals surface area contributed by atoms with Gasteiger partial charge in [-0.2, -0.15) is 0 Å². The Kier molecular flexibility index (Phi) is 1.48. The van der Waals surface area contributed by atoms with Gasteiger partial charge in [0.2, 0.25) is 5.91 Å². The Labute approximate surface area is 66.7 Å². The second-order valence-corrected chi connectivity index (χ2v) is 3.50. The van der Waals surface area contributed by atoms with E-state index >= 15 is 0 Å². The van der Waals surface area contributed by atoms with Crippen LogP contribution in [-0.2, 0) is 4.79 Å². The van der Waals surface area contributed by atoms with Gasteiger partial charge in [-0.15, -0.1) is 0 Å².